The zero-order chi connectivity index (χ0) is 12.3. The van der Waals surface area contributed by atoms with Gasteiger partial charge in [-0.25, -0.2) is 0 Å². The lowest BCUT2D eigenvalue weighted by molar-refractivity contribution is 0.405. The van der Waals surface area contributed by atoms with Crippen molar-refractivity contribution in [2.24, 2.45) is 5.73 Å². The van der Waals surface area contributed by atoms with Crippen LogP contribution in [0, 0.1) is 0 Å². The minimum atomic E-state index is -0.0444. The Labute approximate surface area is 114 Å². The van der Waals surface area contributed by atoms with Gasteiger partial charge in [-0.1, -0.05) is 15.9 Å². The van der Waals surface area contributed by atoms with Crippen LogP contribution in [-0.2, 0) is 6.42 Å². The minimum absolute atomic E-state index is 0.0444. The Morgan fingerprint density at radius 2 is 2.24 bits per heavy atom. The predicted molar refractivity (Wildman–Crippen MR) is 75.6 cm³/mol. The molecule has 1 heterocycles. The first-order valence-corrected chi connectivity index (χ1v) is 7.04. The molecule has 17 heavy (non-hydrogen) atoms. The summed E-state index contributed by atoms with van der Waals surface area (Å²) in [6.07, 6.45) is 0.830. The molecule has 2 nitrogen and oxygen atoms in total. The molecule has 1 atom stereocenters. The van der Waals surface area contributed by atoms with Crippen LogP contribution in [-0.4, -0.2) is 7.11 Å². The van der Waals surface area contributed by atoms with Crippen LogP contribution in [0.2, 0.25) is 0 Å². The number of ether oxygens (including phenoxy) is 1. The van der Waals surface area contributed by atoms with Gasteiger partial charge in [-0.2, -0.15) is 11.3 Å². The average molecular weight is 312 g/mol. The summed E-state index contributed by atoms with van der Waals surface area (Å²) in [7, 11) is 1.67. The average Bonchev–Trinajstić information content (AvgIpc) is 2.81. The van der Waals surface area contributed by atoms with E-state index in [-0.39, 0.29) is 6.04 Å². The maximum absolute atomic E-state index is 6.24. The van der Waals surface area contributed by atoms with Crippen LogP contribution in [0.15, 0.2) is 39.5 Å². The van der Waals surface area contributed by atoms with Crippen LogP contribution in [0.1, 0.15) is 17.2 Å². The summed E-state index contributed by atoms with van der Waals surface area (Å²) in [5.74, 6) is 0.843. The van der Waals surface area contributed by atoms with Crippen molar-refractivity contribution in [3.05, 3.63) is 50.6 Å². The molecule has 1 unspecified atom stereocenters. The number of methoxy groups -OCH3 is 1. The summed E-state index contributed by atoms with van der Waals surface area (Å²) < 4.78 is 6.36. The molecular formula is C13H14BrNOS. The molecule has 0 amide bonds. The van der Waals surface area contributed by atoms with Gasteiger partial charge in [0.15, 0.2) is 0 Å². The molecule has 0 bridgehead atoms. The van der Waals surface area contributed by atoms with Crippen LogP contribution in [0.3, 0.4) is 0 Å². The van der Waals surface area contributed by atoms with Crippen molar-refractivity contribution >= 4 is 27.3 Å². The van der Waals surface area contributed by atoms with E-state index in [1.54, 1.807) is 18.4 Å². The SMILES string of the molecule is COc1ccc(Br)cc1C(N)Cc1ccsc1. The molecule has 0 saturated heterocycles. The number of hydrogen-bond acceptors (Lipinski definition) is 3. The second-order valence-corrected chi connectivity index (χ2v) is 5.52. The third-order valence-corrected chi connectivity index (χ3v) is 3.85. The van der Waals surface area contributed by atoms with Crippen molar-refractivity contribution in [3.63, 3.8) is 0 Å². The van der Waals surface area contributed by atoms with E-state index >= 15 is 0 Å². The largest absolute Gasteiger partial charge is 0.496 e. The van der Waals surface area contributed by atoms with E-state index in [1.807, 2.05) is 18.2 Å². The quantitative estimate of drug-likeness (QED) is 0.933. The van der Waals surface area contributed by atoms with Crippen molar-refractivity contribution in [1.82, 2.24) is 0 Å². The fourth-order valence-electron chi connectivity index (χ4n) is 1.77. The monoisotopic (exact) mass is 311 g/mol. The highest BCUT2D eigenvalue weighted by molar-refractivity contribution is 9.10. The fourth-order valence-corrected chi connectivity index (χ4v) is 2.83. The summed E-state index contributed by atoms with van der Waals surface area (Å²) in [5, 5.41) is 4.20. The Balaban J connectivity index is 2.23. The first-order chi connectivity index (χ1) is 8.20. The van der Waals surface area contributed by atoms with Gasteiger partial charge in [-0.3, -0.25) is 0 Å². The molecule has 0 aliphatic rings. The maximum Gasteiger partial charge on any atom is 0.123 e. The predicted octanol–water partition coefficient (Wildman–Crippen LogP) is 3.76. The number of benzene rings is 1. The van der Waals surface area contributed by atoms with Gasteiger partial charge in [0.05, 0.1) is 7.11 Å². The zero-order valence-electron chi connectivity index (χ0n) is 9.52. The van der Waals surface area contributed by atoms with Gasteiger partial charge >= 0.3 is 0 Å². The molecule has 1 aromatic heterocycles. The summed E-state index contributed by atoms with van der Waals surface area (Å²) in [4.78, 5) is 0. The van der Waals surface area contributed by atoms with Crippen LogP contribution < -0.4 is 10.5 Å². The third-order valence-electron chi connectivity index (χ3n) is 2.63. The first-order valence-electron chi connectivity index (χ1n) is 5.31. The second kappa shape index (κ2) is 5.67. The fraction of sp³-hybridized carbons (Fsp3) is 0.231. The highest BCUT2D eigenvalue weighted by atomic mass is 79.9. The van der Waals surface area contributed by atoms with E-state index in [1.165, 1.54) is 5.56 Å². The van der Waals surface area contributed by atoms with Gasteiger partial charge in [-0.05, 0) is 47.0 Å². The number of rotatable bonds is 4. The minimum Gasteiger partial charge on any atom is -0.496 e. The molecule has 0 spiro atoms. The summed E-state index contributed by atoms with van der Waals surface area (Å²) in [6.45, 7) is 0. The lowest BCUT2D eigenvalue weighted by Gasteiger charge is -2.15. The molecule has 0 aliphatic heterocycles. The first kappa shape index (κ1) is 12.6. The van der Waals surface area contributed by atoms with Crippen molar-refractivity contribution in [2.45, 2.75) is 12.5 Å². The molecule has 2 rings (SSSR count). The lowest BCUT2D eigenvalue weighted by atomic mass is 10.0. The smallest absolute Gasteiger partial charge is 0.123 e. The number of nitrogens with two attached hydrogens (primary N) is 1. The standard InChI is InChI=1S/C13H14BrNOS/c1-16-13-3-2-10(14)7-11(13)12(15)6-9-4-5-17-8-9/h2-5,7-8,12H,6,15H2,1H3. The molecule has 90 valence electrons. The Morgan fingerprint density at radius 3 is 2.88 bits per heavy atom. The normalized spacial score (nSPS) is 12.4. The Kier molecular flexibility index (Phi) is 4.20. The maximum atomic E-state index is 6.24. The van der Waals surface area contributed by atoms with Crippen molar-refractivity contribution < 1.29 is 4.74 Å². The second-order valence-electron chi connectivity index (χ2n) is 3.83. The zero-order valence-corrected chi connectivity index (χ0v) is 11.9. The molecule has 2 aromatic rings. The van der Waals surface area contributed by atoms with E-state index in [0.717, 1.165) is 22.2 Å². The van der Waals surface area contributed by atoms with Gasteiger partial charge in [0, 0.05) is 16.1 Å². The van der Waals surface area contributed by atoms with Gasteiger partial charge in [0.1, 0.15) is 5.75 Å². The lowest BCUT2D eigenvalue weighted by Crippen LogP contribution is -2.14. The van der Waals surface area contributed by atoms with Gasteiger partial charge in [0.2, 0.25) is 0 Å². The molecular weight excluding hydrogens is 298 g/mol. The van der Waals surface area contributed by atoms with Gasteiger partial charge in [0.25, 0.3) is 0 Å². The van der Waals surface area contributed by atoms with E-state index in [9.17, 15) is 0 Å². The Morgan fingerprint density at radius 1 is 1.41 bits per heavy atom. The van der Waals surface area contributed by atoms with Gasteiger partial charge in [-0.15, -0.1) is 0 Å². The van der Waals surface area contributed by atoms with Crippen LogP contribution in [0.25, 0.3) is 0 Å². The molecule has 0 aliphatic carbocycles. The van der Waals surface area contributed by atoms with E-state index in [2.05, 4.69) is 32.8 Å². The van der Waals surface area contributed by atoms with Crippen LogP contribution >= 0.6 is 27.3 Å². The highest BCUT2D eigenvalue weighted by Crippen LogP contribution is 2.29. The molecule has 4 heteroatoms. The van der Waals surface area contributed by atoms with E-state index in [4.69, 9.17) is 10.5 Å². The topological polar surface area (TPSA) is 35.2 Å². The number of thiophene rings is 1. The molecule has 0 saturated carbocycles. The van der Waals surface area contributed by atoms with E-state index in [0.29, 0.717) is 0 Å². The van der Waals surface area contributed by atoms with Gasteiger partial charge < -0.3 is 10.5 Å². The number of halogens is 1. The summed E-state index contributed by atoms with van der Waals surface area (Å²) >= 11 is 5.16. The molecule has 0 fully saturated rings. The Hall–Kier alpha value is -0.840. The summed E-state index contributed by atoms with van der Waals surface area (Å²) in [5.41, 5.74) is 8.54. The Bertz CT molecular complexity index is 484. The highest BCUT2D eigenvalue weighted by Gasteiger charge is 2.13. The van der Waals surface area contributed by atoms with Crippen molar-refractivity contribution in [3.8, 4) is 5.75 Å². The van der Waals surface area contributed by atoms with E-state index < -0.39 is 0 Å². The number of hydrogen-bond donors (Lipinski definition) is 1. The van der Waals surface area contributed by atoms with Crippen molar-refractivity contribution in [1.29, 1.82) is 0 Å². The van der Waals surface area contributed by atoms with Crippen LogP contribution in [0.4, 0.5) is 0 Å². The molecule has 2 N–H and O–H groups in total. The van der Waals surface area contributed by atoms with Crippen molar-refractivity contribution in [2.75, 3.05) is 7.11 Å². The summed E-state index contributed by atoms with van der Waals surface area (Å²) in [6, 6.07) is 7.98. The molecule has 1 aromatic carbocycles. The van der Waals surface area contributed by atoms with Crippen LogP contribution in [0.5, 0.6) is 5.75 Å². The molecule has 0 radical (unpaired) electrons. The third kappa shape index (κ3) is 3.09.